The standard InChI is InChI=1S/C13H14FN3/c1-10-6-7-15-13(16-10)17(2)9-11-4-3-5-12(14)8-11/h3-8H,9H2,1-2H3. The normalized spacial score (nSPS) is 10.3. The van der Waals surface area contributed by atoms with Crippen LogP contribution in [0.15, 0.2) is 36.5 Å². The van der Waals surface area contributed by atoms with E-state index in [1.165, 1.54) is 12.1 Å². The Balaban J connectivity index is 2.14. The summed E-state index contributed by atoms with van der Waals surface area (Å²) < 4.78 is 13.0. The summed E-state index contributed by atoms with van der Waals surface area (Å²) in [5, 5.41) is 0. The van der Waals surface area contributed by atoms with E-state index in [0.29, 0.717) is 12.5 Å². The molecule has 88 valence electrons. The number of nitrogens with zero attached hydrogens (tertiary/aromatic N) is 3. The molecule has 0 spiro atoms. The van der Waals surface area contributed by atoms with E-state index in [0.717, 1.165) is 11.3 Å². The lowest BCUT2D eigenvalue weighted by Gasteiger charge is -2.17. The summed E-state index contributed by atoms with van der Waals surface area (Å²) in [6.07, 6.45) is 1.72. The highest BCUT2D eigenvalue weighted by atomic mass is 19.1. The number of hydrogen-bond donors (Lipinski definition) is 0. The van der Waals surface area contributed by atoms with E-state index in [1.807, 2.05) is 31.0 Å². The van der Waals surface area contributed by atoms with Gasteiger partial charge in [-0.2, -0.15) is 0 Å². The van der Waals surface area contributed by atoms with E-state index in [-0.39, 0.29) is 5.82 Å². The quantitative estimate of drug-likeness (QED) is 0.813. The molecule has 2 rings (SSSR count). The Morgan fingerprint density at radius 3 is 2.82 bits per heavy atom. The second-order valence-electron chi connectivity index (χ2n) is 3.98. The first-order valence-electron chi connectivity index (χ1n) is 5.40. The molecule has 0 atom stereocenters. The molecule has 0 amide bonds. The van der Waals surface area contributed by atoms with Crippen LogP contribution in [0.2, 0.25) is 0 Å². The number of benzene rings is 1. The van der Waals surface area contributed by atoms with Gasteiger partial charge in [-0.3, -0.25) is 0 Å². The Morgan fingerprint density at radius 2 is 2.12 bits per heavy atom. The van der Waals surface area contributed by atoms with Gasteiger partial charge in [0.15, 0.2) is 0 Å². The number of rotatable bonds is 3. The van der Waals surface area contributed by atoms with Gasteiger partial charge in [0.1, 0.15) is 5.82 Å². The topological polar surface area (TPSA) is 29.0 Å². The van der Waals surface area contributed by atoms with Crippen LogP contribution >= 0.6 is 0 Å². The fraction of sp³-hybridized carbons (Fsp3) is 0.231. The Kier molecular flexibility index (Phi) is 3.32. The van der Waals surface area contributed by atoms with Crippen LogP contribution in [0.3, 0.4) is 0 Å². The molecular weight excluding hydrogens is 217 g/mol. The summed E-state index contributed by atoms with van der Waals surface area (Å²) in [6.45, 7) is 2.50. The van der Waals surface area contributed by atoms with Crippen molar-refractivity contribution >= 4 is 5.95 Å². The van der Waals surface area contributed by atoms with Crippen LogP contribution < -0.4 is 4.90 Å². The molecule has 4 heteroatoms. The molecule has 0 radical (unpaired) electrons. The minimum atomic E-state index is -0.221. The lowest BCUT2D eigenvalue weighted by Crippen LogP contribution is -2.19. The van der Waals surface area contributed by atoms with Crippen molar-refractivity contribution in [3.63, 3.8) is 0 Å². The second kappa shape index (κ2) is 4.91. The highest BCUT2D eigenvalue weighted by Gasteiger charge is 2.05. The first-order valence-corrected chi connectivity index (χ1v) is 5.40. The lowest BCUT2D eigenvalue weighted by molar-refractivity contribution is 0.625. The predicted octanol–water partition coefficient (Wildman–Crippen LogP) is 2.56. The fourth-order valence-electron chi connectivity index (χ4n) is 1.60. The summed E-state index contributed by atoms with van der Waals surface area (Å²) in [7, 11) is 1.89. The Bertz CT molecular complexity index is 514. The maximum Gasteiger partial charge on any atom is 0.225 e. The van der Waals surface area contributed by atoms with Crippen molar-refractivity contribution in [3.8, 4) is 0 Å². The monoisotopic (exact) mass is 231 g/mol. The number of aryl methyl sites for hydroxylation is 1. The average Bonchev–Trinajstić information content (AvgIpc) is 2.29. The first-order chi connectivity index (χ1) is 8.15. The van der Waals surface area contributed by atoms with Crippen LogP contribution in [0.5, 0.6) is 0 Å². The molecule has 0 saturated carbocycles. The van der Waals surface area contributed by atoms with E-state index in [4.69, 9.17) is 0 Å². The minimum Gasteiger partial charge on any atom is -0.340 e. The summed E-state index contributed by atoms with van der Waals surface area (Å²) in [4.78, 5) is 10.4. The number of anilines is 1. The van der Waals surface area contributed by atoms with Gasteiger partial charge in [-0.25, -0.2) is 14.4 Å². The predicted molar refractivity (Wildman–Crippen MR) is 65.3 cm³/mol. The van der Waals surface area contributed by atoms with Crippen LogP contribution in [0.4, 0.5) is 10.3 Å². The van der Waals surface area contributed by atoms with Crippen LogP contribution in [0, 0.1) is 12.7 Å². The average molecular weight is 231 g/mol. The zero-order chi connectivity index (χ0) is 12.3. The van der Waals surface area contributed by atoms with Crippen molar-refractivity contribution in [3.05, 3.63) is 53.6 Å². The highest BCUT2D eigenvalue weighted by Crippen LogP contribution is 2.11. The van der Waals surface area contributed by atoms with Crippen LogP contribution in [0.1, 0.15) is 11.3 Å². The summed E-state index contributed by atoms with van der Waals surface area (Å²) in [5.74, 6) is 0.426. The van der Waals surface area contributed by atoms with E-state index >= 15 is 0 Å². The van der Waals surface area contributed by atoms with Crippen molar-refractivity contribution in [1.29, 1.82) is 0 Å². The molecule has 0 aliphatic rings. The van der Waals surface area contributed by atoms with Crippen molar-refractivity contribution in [2.75, 3.05) is 11.9 Å². The molecule has 3 nitrogen and oxygen atoms in total. The molecule has 1 aromatic carbocycles. The molecular formula is C13H14FN3. The number of hydrogen-bond acceptors (Lipinski definition) is 3. The van der Waals surface area contributed by atoms with Gasteiger partial charge in [0, 0.05) is 25.5 Å². The molecule has 1 aromatic heterocycles. The second-order valence-corrected chi connectivity index (χ2v) is 3.98. The van der Waals surface area contributed by atoms with E-state index in [9.17, 15) is 4.39 Å². The fourth-order valence-corrected chi connectivity index (χ4v) is 1.60. The maximum absolute atomic E-state index is 13.0. The molecule has 1 heterocycles. The smallest absolute Gasteiger partial charge is 0.225 e. The Morgan fingerprint density at radius 1 is 1.29 bits per heavy atom. The summed E-state index contributed by atoms with van der Waals surface area (Å²) >= 11 is 0. The molecule has 0 unspecified atom stereocenters. The van der Waals surface area contributed by atoms with E-state index < -0.39 is 0 Å². The van der Waals surface area contributed by atoms with Crippen LogP contribution in [-0.2, 0) is 6.54 Å². The van der Waals surface area contributed by atoms with Gasteiger partial charge in [-0.15, -0.1) is 0 Å². The third-order valence-electron chi connectivity index (χ3n) is 2.43. The zero-order valence-electron chi connectivity index (χ0n) is 9.89. The maximum atomic E-state index is 13.0. The Labute approximate surface area is 99.9 Å². The number of aromatic nitrogens is 2. The molecule has 0 aliphatic heterocycles. The molecule has 0 fully saturated rings. The van der Waals surface area contributed by atoms with E-state index in [2.05, 4.69) is 9.97 Å². The lowest BCUT2D eigenvalue weighted by atomic mass is 10.2. The van der Waals surface area contributed by atoms with Gasteiger partial charge in [-0.1, -0.05) is 12.1 Å². The summed E-state index contributed by atoms with van der Waals surface area (Å²) in [6, 6.07) is 8.39. The first kappa shape index (κ1) is 11.5. The molecule has 0 aliphatic carbocycles. The third kappa shape index (κ3) is 3.00. The van der Waals surface area contributed by atoms with Gasteiger partial charge in [0.05, 0.1) is 0 Å². The number of halogens is 1. The SMILES string of the molecule is Cc1ccnc(N(C)Cc2cccc(F)c2)n1. The van der Waals surface area contributed by atoms with Gasteiger partial charge >= 0.3 is 0 Å². The molecule has 0 bridgehead atoms. The van der Waals surface area contributed by atoms with Crippen molar-refractivity contribution < 1.29 is 4.39 Å². The van der Waals surface area contributed by atoms with Crippen molar-refractivity contribution in [1.82, 2.24) is 9.97 Å². The van der Waals surface area contributed by atoms with Crippen LogP contribution in [0.25, 0.3) is 0 Å². The molecule has 2 aromatic rings. The van der Waals surface area contributed by atoms with Gasteiger partial charge < -0.3 is 4.90 Å². The highest BCUT2D eigenvalue weighted by molar-refractivity contribution is 5.31. The third-order valence-corrected chi connectivity index (χ3v) is 2.43. The van der Waals surface area contributed by atoms with Gasteiger partial charge in [0.2, 0.25) is 5.95 Å². The summed E-state index contributed by atoms with van der Waals surface area (Å²) in [5.41, 5.74) is 1.82. The molecule has 17 heavy (non-hydrogen) atoms. The molecule has 0 N–H and O–H groups in total. The van der Waals surface area contributed by atoms with Crippen LogP contribution in [-0.4, -0.2) is 17.0 Å². The van der Waals surface area contributed by atoms with Gasteiger partial charge in [0.25, 0.3) is 0 Å². The Hall–Kier alpha value is -1.97. The van der Waals surface area contributed by atoms with Crippen molar-refractivity contribution in [2.24, 2.45) is 0 Å². The van der Waals surface area contributed by atoms with Gasteiger partial charge in [-0.05, 0) is 30.7 Å². The largest absolute Gasteiger partial charge is 0.340 e. The minimum absolute atomic E-state index is 0.221. The molecule has 0 saturated heterocycles. The van der Waals surface area contributed by atoms with Crippen molar-refractivity contribution in [2.45, 2.75) is 13.5 Å². The van der Waals surface area contributed by atoms with E-state index in [1.54, 1.807) is 12.3 Å². The zero-order valence-corrected chi connectivity index (χ0v) is 9.89.